The van der Waals surface area contributed by atoms with Gasteiger partial charge in [-0.2, -0.15) is 0 Å². The van der Waals surface area contributed by atoms with Crippen molar-refractivity contribution >= 4 is 23.2 Å². The third-order valence-electron chi connectivity index (χ3n) is 6.44. The van der Waals surface area contributed by atoms with Crippen LogP contribution in [0.5, 0.6) is 0 Å². The van der Waals surface area contributed by atoms with E-state index in [2.05, 4.69) is 26.0 Å². The minimum Gasteiger partial charge on any atom is -0.117 e. The second kappa shape index (κ2) is 4.90. The summed E-state index contributed by atoms with van der Waals surface area (Å²) in [6.45, 7) is 4.26. The minimum absolute atomic E-state index is 0.168. The van der Waals surface area contributed by atoms with E-state index in [0.29, 0.717) is 5.41 Å². The van der Waals surface area contributed by atoms with Gasteiger partial charge in [0.15, 0.2) is 0 Å². The number of aryl methyl sites for hydroxylation is 2. The summed E-state index contributed by atoms with van der Waals surface area (Å²) in [5, 5.41) is 1.03. The molecule has 1 aromatic carbocycles. The van der Waals surface area contributed by atoms with Gasteiger partial charge in [0.2, 0.25) is 0 Å². The summed E-state index contributed by atoms with van der Waals surface area (Å²) in [5.41, 5.74) is 4.12. The zero-order valence-electron chi connectivity index (χ0n) is 13.0. The lowest BCUT2D eigenvalue weighted by Gasteiger charge is -2.58. The van der Waals surface area contributed by atoms with Gasteiger partial charge in [-0.15, -0.1) is 11.6 Å². The summed E-state index contributed by atoms with van der Waals surface area (Å²) in [6, 6.07) is 4.34. The predicted molar refractivity (Wildman–Crippen MR) is 90.1 cm³/mol. The van der Waals surface area contributed by atoms with Gasteiger partial charge in [0.25, 0.3) is 0 Å². The van der Waals surface area contributed by atoms with Crippen molar-refractivity contribution < 1.29 is 0 Å². The van der Waals surface area contributed by atoms with Crippen molar-refractivity contribution in [1.82, 2.24) is 0 Å². The van der Waals surface area contributed by atoms with Crippen LogP contribution >= 0.6 is 23.2 Å². The maximum absolute atomic E-state index is 7.11. The molecule has 1 atom stereocenters. The fourth-order valence-corrected chi connectivity index (χ4v) is 6.61. The van der Waals surface area contributed by atoms with E-state index in [1.165, 1.54) is 49.7 Å². The Balaban J connectivity index is 1.71. The number of hydrogen-bond acceptors (Lipinski definition) is 0. The van der Waals surface area contributed by atoms with Gasteiger partial charge >= 0.3 is 0 Å². The van der Waals surface area contributed by atoms with Crippen LogP contribution in [0.15, 0.2) is 12.1 Å². The molecule has 21 heavy (non-hydrogen) atoms. The SMILES string of the molecule is Cc1cc(C(Cl)C23CC4CC(CC(C4)C2)C3)c(C)cc1Cl. The molecule has 0 aliphatic heterocycles. The summed E-state index contributed by atoms with van der Waals surface area (Å²) >= 11 is 13.4. The largest absolute Gasteiger partial charge is 0.117 e. The Labute approximate surface area is 138 Å². The van der Waals surface area contributed by atoms with Gasteiger partial charge in [0, 0.05) is 5.02 Å². The first-order valence-corrected chi connectivity index (χ1v) is 9.19. The van der Waals surface area contributed by atoms with Gasteiger partial charge in [0.1, 0.15) is 0 Å². The molecule has 0 spiro atoms. The number of halogens is 2. The topological polar surface area (TPSA) is 0 Å². The van der Waals surface area contributed by atoms with Crippen LogP contribution in [0.4, 0.5) is 0 Å². The van der Waals surface area contributed by atoms with Crippen LogP contribution in [0, 0.1) is 37.0 Å². The molecule has 4 aliphatic rings. The Morgan fingerprint density at radius 2 is 1.48 bits per heavy atom. The zero-order chi connectivity index (χ0) is 14.8. The van der Waals surface area contributed by atoms with Crippen LogP contribution in [0.1, 0.15) is 60.6 Å². The first kappa shape index (κ1) is 14.4. The van der Waals surface area contributed by atoms with E-state index < -0.39 is 0 Å². The average molecular weight is 323 g/mol. The van der Waals surface area contributed by atoms with E-state index in [4.69, 9.17) is 23.2 Å². The second-order valence-electron chi connectivity index (χ2n) is 8.10. The maximum atomic E-state index is 7.11. The van der Waals surface area contributed by atoms with E-state index in [9.17, 15) is 0 Å². The third-order valence-corrected chi connectivity index (χ3v) is 7.55. The lowest BCUT2D eigenvalue weighted by Crippen LogP contribution is -2.48. The summed E-state index contributed by atoms with van der Waals surface area (Å²) in [6.07, 6.45) is 8.49. The van der Waals surface area contributed by atoms with Crippen LogP contribution in [0.2, 0.25) is 5.02 Å². The van der Waals surface area contributed by atoms with Gasteiger partial charge < -0.3 is 0 Å². The molecule has 4 bridgehead atoms. The van der Waals surface area contributed by atoms with Gasteiger partial charge in [-0.05, 0) is 98.3 Å². The Kier molecular flexibility index (Phi) is 3.36. The summed E-state index contributed by atoms with van der Waals surface area (Å²) in [4.78, 5) is 0. The van der Waals surface area contributed by atoms with Gasteiger partial charge in [-0.25, -0.2) is 0 Å². The number of alkyl halides is 1. The first-order chi connectivity index (χ1) is 9.97. The van der Waals surface area contributed by atoms with Crippen molar-refractivity contribution in [3.05, 3.63) is 33.8 Å². The Bertz CT molecular complexity index is 540. The van der Waals surface area contributed by atoms with Crippen molar-refractivity contribution in [2.24, 2.45) is 23.2 Å². The van der Waals surface area contributed by atoms with Crippen LogP contribution in [-0.2, 0) is 0 Å². The Hall–Kier alpha value is -0.200. The van der Waals surface area contributed by atoms with E-state index >= 15 is 0 Å². The van der Waals surface area contributed by atoms with Gasteiger partial charge in [-0.1, -0.05) is 17.7 Å². The molecule has 0 heterocycles. The molecular weight excluding hydrogens is 299 g/mol. The van der Waals surface area contributed by atoms with E-state index in [0.717, 1.165) is 28.3 Å². The van der Waals surface area contributed by atoms with Crippen molar-refractivity contribution in [3.63, 3.8) is 0 Å². The quantitative estimate of drug-likeness (QED) is 0.548. The highest BCUT2D eigenvalue weighted by molar-refractivity contribution is 6.31. The molecule has 0 saturated heterocycles. The van der Waals surface area contributed by atoms with E-state index in [1.54, 1.807) is 0 Å². The van der Waals surface area contributed by atoms with E-state index in [-0.39, 0.29) is 5.38 Å². The van der Waals surface area contributed by atoms with Gasteiger partial charge in [-0.3, -0.25) is 0 Å². The number of hydrogen-bond donors (Lipinski definition) is 0. The fourth-order valence-electron chi connectivity index (χ4n) is 5.89. The van der Waals surface area contributed by atoms with Crippen molar-refractivity contribution in [1.29, 1.82) is 0 Å². The highest BCUT2D eigenvalue weighted by Crippen LogP contribution is 2.65. The smallest absolute Gasteiger partial charge is 0.0644 e. The number of benzene rings is 1. The first-order valence-electron chi connectivity index (χ1n) is 8.37. The molecule has 0 radical (unpaired) electrons. The van der Waals surface area contributed by atoms with E-state index in [1.807, 2.05) is 0 Å². The van der Waals surface area contributed by atoms with Crippen LogP contribution in [0.3, 0.4) is 0 Å². The molecule has 0 nitrogen and oxygen atoms in total. The van der Waals surface area contributed by atoms with Crippen LogP contribution < -0.4 is 0 Å². The Morgan fingerprint density at radius 1 is 0.952 bits per heavy atom. The molecule has 4 fully saturated rings. The molecule has 0 N–H and O–H groups in total. The average Bonchev–Trinajstić information content (AvgIpc) is 2.40. The van der Waals surface area contributed by atoms with Crippen molar-refractivity contribution in [2.45, 2.75) is 57.7 Å². The maximum Gasteiger partial charge on any atom is 0.0644 e. The van der Waals surface area contributed by atoms with Crippen LogP contribution in [-0.4, -0.2) is 0 Å². The van der Waals surface area contributed by atoms with Gasteiger partial charge in [0.05, 0.1) is 5.38 Å². The molecule has 114 valence electrons. The zero-order valence-corrected chi connectivity index (χ0v) is 14.5. The van der Waals surface area contributed by atoms with Crippen molar-refractivity contribution in [3.8, 4) is 0 Å². The summed E-state index contributed by atoms with van der Waals surface area (Å²) in [7, 11) is 0. The highest BCUT2D eigenvalue weighted by Gasteiger charge is 2.54. The van der Waals surface area contributed by atoms with Crippen LogP contribution in [0.25, 0.3) is 0 Å². The second-order valence-corrected chi connectivity index (χ2v) is 8.94. The van der Waals surface area contributed by atoms with Crippen molar-refractivity contribution in [2.75, 3.05) is 0 Å². The predicted octanol–water partition coefficient (Wildman–Crippen LogP) is 6.45. The molecule has 1 aromatic rings. The molecule has 0 aromatic heterocycles. The summed E-state index contributed by atoms with van der Waals surface area (Å²) < 4.78 is 0. The lowest BCUT2D eigenvalue weighted by molar-refractivity contribution is -0.0552. The molecule has 0 amide bonds. The molecule has 1 unspecified atom stereocenters. The minimum atomic E-state index is 0.168. The lowest BCUT2D eigenvalue weighted by atomic mass is 9.48. The molecule has 5 rings (SSSR count). The Morgan fingerprint density at radius 3 is 2.00 bits per heavy atom. The molecule has 2 heteroatoms. The normalized spacial score (nSPS) is 38.8. The molecular formula is C19H24Cl2. The third kappa shape index (κ3) is 2.25. The highest BCUT2D eigenvalue weighted by atomic mass is 35.5. The fraction of sp³-hybridized carbons (Fsp3) is 0.684. The summed E-state index contributed by atoms with van der Waals surface area (Å²) in [5.74, 6) is 2.85. The molecule has 4 aliphatic carbocycles. The standard InChI is InChI=1S/C19H24Cl2/c1-11-4-17(20)12(2)3-16(11)18(21)19-8-13-5-14(9-19)7-15(6-13)10-19/h3-4,13-15,18H,5-10H2,1-2H3. The molecule has 4 saturated carbocycles. The number of rotatable bonds is 2. The monoisotopic (exact) mass is 322 g/mol.